The second kappa shape index (κ2) is 5.68. The highest BCUT2D eigenvalue weighted by molar-refractivity contribution is 5.98. The molecule has 1 aromatic carbocycles. The minimum Gasteiger partial charge on any atom is -0.493 e. The molecule has 0 aliphatic carbocycles. The lowest BCUT2D eigenvalue weighted by molar-refractivity contribution is 0.0553. The average Bonchev–Trinajstić information content (AvgIpc) is 2.27. The number of nitrogens with zero attached hydrogens (tertiary/aromatic N) is 1. The molecule has 2 N–H and O–H groups in total. The fraction of sp³-hybridized carbons (Fsp3) is 0.462. The van der Waals surface area contributed by atoms with E-state index in [9.17, 15) is 5.11 Å². The Morgan fingerprint density at radius 2 is 2.12 bits per heavy atom. The Labute approximate surface area is 102 Å². The molecule has 0 atom stereocenters. The lowest BCUT2D eigenvalue weighted by atomic mass is 10.1. The fourth-order valence-electron chi connectivity index (χ4n) is 1.29. The third-order valence-corrected chi connectivity index (χ3v) is 2.38. The highest BCUT2D eigenvalue weighted by Crippen LogP contribution is 2.15. The standard InChI is InChI=1S/C13H19NO3/c1-10(14-16)11-5-4-6-12(9-11)17-8-7-13(2,3)15/h4-6,9,15-16H,7-8H2,1-3H3. The van der Waals surface area contributed by atoms with Crippen molar-refractivity contribution in [1.82, 2.24) is 0 Å². The predicted molar refractivity (Wildman–Crippen MR) is 66.8 cm³/mol. The van der Waals surface area contributed by atoms with E-state index in [0.717, 1.165) is 5.56 Å². The molecule has 0 aromatic heterocycles. The van der Waals surface area contributed by atoms with Gasteiger partial charge in [0.15, 0.2) is 0 Å². The van der Waals surface area contributed by atoms with Gasteiger partial charge < -0.3 is 15.1 Å². The number of aliphatic hydroxyl groups is 1. The second-order valence-electron chi connectivity index (χ2n) is 4.62. The number of rotatable bonds is 5. The van der Waals surface area contributed by atoms with E-state index in [1.807, 2.05) is 18.2 Å². The van der Waals surface area contributed by atoms with Gasteiger partial charge in [0.1, 0.15) is 5.75 Å². The van der Waals surface area contributed by atoms with E-state index in [-0.39, 0.29) is 0 Å². The van der Waals surface area contributed by atoms with Crippen LogP contribution in [0.2, 0.25) is 0 Å². The molecule has 0 saturated heterocycles. The summed E-state index contributed by atoms with van der Waals surface area (Å²) in [6, 6.07) is 7.32. The highest BCUT2D eigenvalue weighted by Gasteiger charge is 2.12. The molecule has 0 bridgehead atoms. The molecule has 0 radical (unpaired) electrons. The first kappa shape index (κ1) is 13.5. The Bertz CT molecular complexity index is 394. The first-order chi connectivity index (χ1) is 7.92. The van der Waals surface area contributed by atoms with E-state index in [1.165, 1.54) is 0 Å². The Hall–Kier alpha value is -1.55. The van der Waals surface area contributed by atoms with Crippen LogP contribution in [-0.2, 0) is 0 Å². The van der Waals surface area contributed by atoms with Crippen LogP contribution in [0, 0.1) is 0 Å². The number of ether oxygens (including phenoxy) is 1. The summed E-state index contributed by atoms with van der Waals surface area (Å²) in [6.45, 7) is 5.66. The predicted octanol–water partition coefficient (Wildman–Crippen LogP) is 2.42. The molecule has 0 spiro atoms. The molecule has 0 fully saturated rings. The summed E-state index contributed by atoms with van der Waals surface area (Å²) in [4.78, 5) is 0. The summed E-state index contributed by atoms with van der Waals surface area (Å²) in [5.74, 6) is 0.703. The molecule has 0 aliphatic heterocycles. The van der Waals surface area contributed by atoms with E-state index in [4.69, 9.17) is 9.94 Å². The molecule has 0 saturated carbocycles. The quantitative estimate of drug-likeness (QED) is 0.469. The van der Waals surface area contributed by atoms with E-state index >= 15 is 0 Å². The topological polar surface area (TPSA) is 62.1 Å². The van der Waals surface area contributed by atoms with Crippen LogP contribution in [0.3, 0.4) is 0 Å². The van der Waals surface area contributed by atoms with Gasteiger partial charge in [-0.3, -0.25) is 0 Å². The van der Waals surface area contributed by atoms with Crippen LogP contribution in [0.1, 0.15) is 32.8 Å². The van der Waals surface area contributed by atoms with Crippen molar-refractivity contribution in [3.8, 4) is 5.75 Å². The first-order valence-electron chi connectivity index (χ1n) is 5.56. The van der Waals surface area contributed by atoms with Crippen LogP contribution >= 0.6 is 0 Å². The Morgan fingerprint density at radius 3 is 2.71 bits per heavy atom. The first-order valence-corrected chi connectivity index (χ1v) is 5.56. The molecule has 94 valence electrons. The van der Waals surface area contributed by atoms with Crippen LogP contribution < -0.4 is 4.74 Å². The lowest BCUT2D eigenvalue weighted by Crippen LogP contribution is -2.21. The molecule has 0 aliphatic rings. The number of benzene rings is 1. The minimum atomic E-state index is -0.722. The number of hydrogen-bond donors (Lipinski definition) is 2. The third kappa shape index (κ3) is 4.87. The highest BCUT2D eigenvalue weighted by atomic mass is 16.5. The normalized spacial score (nSPS) is 12.6. The van der Waals surface area contributed by atoms with Gasteiger partial charge in [-0.25, -0.2) is 0 Å². The summed E-state index contributed by atoms with van der Waals surface area (Å²) in [6.07, 6.45) is 0.560. The van der Waals surface area contributed by atoms with Crippen LogP contribution in [0.5, 0.6) is 5.75 Å². The van der Waals surface area contributed by atoms with Crippen LogP contribution in [0.25, 0.3) is 0 Å². The third-order valence-electron chi connectivity index (χ3n) is 2.38. The zero-order valence-corrected chi connectivity index (χ0v) is 10.5. The van der Waals surface area contributed by atoms with Crippen LogP contribution in [0.4, 0.5) is 0 Å². The van der Waals surface area contributed by atoms with Gasteiger partial charge in [-0.15, -0.1) is 0 Å². The average molecular weight is 237 g/mol. The van der Waals surface area contributed by atoms with E-state index in [0.29, 0.717) is 24.5 Å². The molecule has 4 heteroatoms. The molecule has 1 aromatic rings. The SMILES string of the molecule is CC(=NO)c1cccc(OCCC(C)(C)O)c1. The fourth-order valence-corrected chi connectivity index (χ4v) is 1.29. The Morgan fingerprint density at radius 1 is 1.41 bits per heavy atom. The molecule has 17 heavy (non-hydrogen) atoms. The van der Waals surface area contributed by atoms with Gasteiger partial charge in [-0.2, -0.15) is 0 Å². The summed E-state index contributed by atoms with van der Waals surface area (Å²) < 4.78 is 5.52. The summed E-state index contributed by atoms with van der Waals surface area (Å²) in [5.41, 5.74) is 0.631. The molecule has 0 unspecified atom stereocenters. The van der Waals surface area contributed by atoms with Crippen molar-refractivity contribution in [3.63, 3.8) is 0 Å². The van der Waals surface area contributed by atoms with Crippen molar-refractivity contribution in [2.75, 3.05) is 6.61 Å². The molecular formula is C13H19NO3. The van der Waals surface area contributed by atoms with Crippen molar-refractivity contribution in [2.24, 2.45) is 5.16 Å². The monoisotopic (exact) mass is 237 g/mol. The summed E-state index contributed by atoms with van der Waals surface area (Å²) in [7, 11) is 0. The Balaban J connectivity index is 2.61. The maximum absolute atomic E-state index is 9.54. The van der Waals surface area contributed by atoms with Crippen molar-refractivity contribution in [3.05, 3.63) is 29.8 Å². The summed E-state index contributed by atoms with van der Waals surface area (Å²) >= 11 is 0. The molecular weight excluding hydrogens is 218 g/mol. The van der Waals surface area contributed by atoms with Crippen LogP contribution in [-0.4, -0.2) is 28.2 Å². The van der Waals surface area contributed by atoms with Crippen molar-refractivity contribution in [2.45, 2.75) is 32.8 Å². The number of oxime groups is 1. The van der Waals surface area contributed by atoms with Crippen molar-refractivity contribution in [1.29, 1.82) is 0 Å². The maximum atomic E-state index is 9.54. The van der Waals surface area contributed by atoms with Gasteiger partial charge in [0.25, 0.3) is 0 Å². The largest absolute Gasteiger partial charge is 0.493 e. The molecule has 1 rings (SSSR count). The lowest BCUT2D eigenvalue weighted by Gasteiger charge is -2.17. The Kier molecular flexibility index (Phi) is 4.52. The van der Waals surface area contributed by atoms with E-state index in [2.05, 4.69) is 5.16 Å². The minimum absolute atomic E-state index is 0.447. The smallest absolute Gasteiger partial charge is 0.119 e. The zero-order valence-electron chi connectivity index (χ0n) is 10.5. The van der Waals surface area contributed by atoms with E-state index in [1.54, 1.807) is 26.8 Å². The molecule has 0 heterocycles. The van der Waals surface area contributed by atoms with Gasteiger partial charge >= 0.3 is 0 Å². The molecule has 4 nitrogen and oxygen atoms in total. The zero-order chi connectivity index (χ0) is 12.9. The van der Waals surface area contributed by atoms with Crippen molar-refractivity contribution < 1.29 is 15.1 Å². The van der Waals surface area contributed by atoms with E-state index < -0.39 is 5.60 Å². The van der Waals surface area contributed by atoms with Gasteiger partial charge in [0.05, 0.1) is 17.9 Å². The van der Waals surface area contributed by atoms with Gasteiger partial charge in [0, 0.05) is 12.0 Å². The number of hydrogen-bond acceptors (Lipinski definition) is 4. The van der Waals surface area contributed by atoms with Gasteiger partial charge in [-0.05, 0) is 32.9 Å². The van der Waals surface area contributed by atoms with Gasteiger partial charge in [0.2, 0.25) is 0 Å². The van der Waals surface area contributed by atoms with Crippen LogP contribution in [0.15, 0.2) is 29.4 Å². The molecule has 0 amide bonds. The maximum Gasteiger partial charge on any atom is 0.119 e. The second-order valence-corrected chi connectivity index (χ2v) is 4.62. The van der Waals surface area contributed by atoms with Gasteiger partial charge in [-0.1, -0.05) is 17.3 Å². The summed E-state index contributed by atoms with van der Waals surface area (Å²) in [5, 5.41) is 21.4. The van der Waals surface area contributed by atoms with Crippen molar-refractivity contribution >= 4 is 5.71 Å².